The van der Waals surface area contributed by atoms with Crippen LogP contribution in [0.4, 0.5) is 0 Å². The van der Waals surface area contributed by atoms with E-state index in [1.807, 2.05) is 25.1 Å². The van der Waals surface area contributed by atoms with Gasteiger partial charge < -0.3 is 18.8 Å². The molecule has 0 spiro atoms. The van der Waals surface area contributed by atoms with Crippen molar-refractivity contribution in [2.75, 3.05) is 19.8 Å². The zero-order valence-electron chi connectivity index (χ0n) is 16.8. The molecule has 0 saturated heterocycles. The maximum atomic E-state index is 12.9. The molecule has 1 aliphatic heterocycles. The fourth-order valence-electron chi connectivity index (χ4n) is 3.49. The number of rotatable bonds is 5. The summed E-state index contributed by atoms with van der Waals surface area (Å²) in [6.07, 6.45) is -0.752. The Morgan fingerprint density at radius 2 is 2.07 bits per heavy atom. The van der Waals surface area contributed by atoms with Gasteiger partial charge >= 0.3 is 0 Å². The fraction of sp³-hybridized carbons (Fsp3) is 0.364. The van der Waals surface area contributed by atoms with Crippen LogP contribution >= 0.6 is 11.3 Å². The highest BCUT2D eigenvalue weighted by Gasteiger charge is 2.27. The number of carbonyl (C=O) groups excluding carboxylic acids is 1. The molecule has 0 aliphatic carbocycles. The number of para-hydroxylation sites is 2. The van der Waals surface area contributed by atoms with Crippen LogP contribution in [0.2, 0.25) is 0 Å². The fourth-order valence-corrected chi connectivity index (χ4v) is 4.73. The molecule has 2 aromatic carbocycles. The topological polar surface area (TPSA) is 62.1 Å². The van der Waals surface area contributed by atoms with Crippen LogP contribution in [0.5, 0.6) is 11.5 Å². The standard InChI is InChI=1S/C22H24N2O4S/c1-4-26-10-9-24-20-15(3)11-14(2)12-19(20)29-22(24)23-21(25)18-13-27-16-7-5-6-8-17(16)28-18/h5-8,11-12,18H,4,9-10,13H2,1-3H3/t18-/m0/s1. The lowest BCUT2D eigenvalue weighted by molar-refractivity contribution is -0.127. The molecular formula is C22H24N2O4S. The highest BCUT2D eigenvalue weighted by atomic mass is 32.1. The third-order valence-corrected chi connectivity index (χ3v) is 5.79. The van der Waals surface area contributed by atoms with Gasteiger partial charge in [-0.05, 0) is 50.1 Å². The molecule has 1 amide bonds. The molecule has 29 heavy (non-hydrogen) atoms. The van der Waals surface area contributed by atoms with E-state index in [0.717, 1.165) is 15.8 Å². The van der Waals surface area contributed by atoms with Crippen LogP contribution in [0.15, 0.2) is 41.4 Å². The van der Waals surface area contributed by atoms with E-state index < -0.39 is 6.10 Å². The van der Waals surface area contributed by atoms with E-state index in [9.17, 15) is 4.79 Å². The molecule has 6 nitrogen and oxygen atoms in total. The van der Waals surface area contributed by atoms with E-state index in [-0.39, 0.29) is 12.5 Å². The SMILES string of the molecule is CCOCCn1c(=NC(=O)[C@@H]2COc3ccccc3O2)sc2cc(C)cc(C)c21. The summed E-state index contributed by atoms with van der Waals surface area (Å²) >= 11 is 1.51. The van der Waals surface area contributed by atoms with E-state index in [1.165, 1.54) is 16.9 Å². The first-order valence-corrected chi connectivity index (χ1v) is 10.5. The van der Waals surface area contributed by atoms with Crippen molar-refractivity contribution < 1.29 is 19.0 Å². The molecule has 0 unspecified atom stereocenters. The Balaban J connectivity index is 1.70. The lowest BCUT2D eigenvalue weighted by Crippen LogP contribution is -2.37. The van der Waals surface area contributed by atoms with Gasteiger partial charge in [0.25, 0.3) is 5.91 Å². The Hall–Kier alpha value is -2.64. The predicted octanol–water partition coefficient (Wildman–Crippen LogP) is 3.62. The van der Waals surface area contributed by atoms with Crippen LogP contribution in [0.25, 0.3) is 10.2 Å². The molecule has 3 aromatic rings. The van der Waals surface area contributed by atoms with Crippen LogP contribution in [0, 0.1) is 13.8 Å². The molecule has 1 aliphatic rings. The second-order valence-electron chi connectivity index (χ2n) is 6.98. The van der Waals surface area contributed by atoms with Crippen molar-refractivity contribution in [2.45, 2.75) is 33.4 Å². The zero-order chi connectivity index (χ0) is 20.4. The first-order chi connectivity index (χ1) is 14.1. The van der Waals surface area contributed by atoms with Crippen molar-refractivity contribution in [3.63, 3.8) is 0 Å². The number of ether oxygens (including phenoxy) is 3. The van der Waals surface area contributed by atoms with Gasteiger partial charge in [-0.25, -0.2) is 0 Å². The maximum Gasteiger partial charge on any atom is 0.292 e. The minimum Gasteiger partial charge on any atom is -0.485 e. The molecule has 0 fully saturated rings. The van der Waals surface area contributed by atoms with Crippen LogP contribution in [0.1, 0.15) is 18.1 Å². The predicted molar refractivity (Wildman–Crippen MR) is 113 cm³/mol. The van der Waals surface area contributed by atoms with E-state index in [2.05, 4.69) is 35.5 Å². The van der Waals surface area contributed by atoms with Crippen LogP contribution in [-0.4, -0.2) is 36.4 Å². The van der Waals surface area contributed by atoms with Crippen molar-refractivity contribution in [1.29, 1.82) is 0 Å². The minimum absolute atomic E-state index is 0.154. The highest BCUT2D eigenvalue weighted by molar-refractivity contribution is 7.16. The van der Waals surface area contributed by atoms with E-state index in [4.69, 9.17) is 14.2 Å². The molecule has 152 valence electrons. The summed E-state index contributed by atoms with van der Waals surface area (Å²) in [4.78, 5) is 18.0. The van der Waals surface area contributed by atoms with Gasteiger partial charge in [-0.1, -0.05) is 29.5 Å². The van der Waals surface area contributed by atoms with Crippen molar-refractivity contribution in [3.8, 4) is 11.5 Å². The Labute approximate surface area is 173 Å². The Morgan fingerprint density at radius 3 is 2.86 bits per heavy atom. The smallest absolute Gasteiger partial charge is 0.292 e. The summed E-state index contributed by atoms with van der Waals surface area (Å²) in [5.41, 5.74) is 3.44. The molecule has 0 bridgehead atoms. The van der Waals surface area contributed by atoms with E-state index in [1.54, 1.807) is 6.07 Å². The molecule has 1 atom stereocenters. The number of hydrogen-bond donors (Lipinski definition) is 0. The monoisotopic (exact) mass is 412 g/mol. The number of fused-ring (bicyclic) bond motifs is 2. The normalized spacial score (nSPS) is 16.4. The Kier molecular flexibility index (Phi) is 5.69. The van der Waals surface area contributed by atoms with Crippen molar-refractivity contribution in [3.05, 3.63) is 52.3 Å². The maximum absolute atomic E-state index is 12.9. The van der Waals surface area contributed by atoms with Crippen LogP contribution < -0.4 is 14.3 Å². The molecule has 1 aromatic heterocycles. The molecule has 0 radical (unpaired) electrons. The lowest BCUT2D eigenvalue weighted by atomic mass is 10.1. The molecule has 2 heterocycles. The number of aryl methyl sites for hydroxylation is 2. The van der Waals surface area contributed by atoms with Gasteiger partial charge in [-0.15, -0.1) is 0 Å². The molecular weight excluding hydrogens is 388 g/mol. The number of nitrogens with zero attached hydrogens (tertiary/aromatic N) is 2. The van der Waals surface area contributed by atoms with Gasteiger partial charge in [0.2, 0.25) is 6.10 Å². The van der Waals surface area contributed by atoms with Gasteiger partial charge in [-0.3, -0.25) is 4.79 Å². The number of amides is 1. The molecule has 7 heteroatoms. The number of benzene rings is 2. The lowest BCUT2D eigenvalue weighted by Gasteiger charge is -2.23. The second-order valence-corrected chi connectivity index (χ2v) is 7.99. The van der Waals surface area contributed by atoms with Crippen molar-refractivity contribution in [2.24, 2.45) is 4.99 Å². The second kappa shape index (κ2) is 8.39. The summed E-state index contributed by atoms with van der Waals surface area (Å²) in [6.45, 7) is 8.13. The average molecular weight is 413 g/mol. The van der Waals surface area contributed by atoms with Gasteiger partial charge in [0.05, 0.1) is 16.8 Å². The van der Waals surface area contributed by atoms with Crippen LogP contribution in [0.3, 0.4) is 0 Å². The molecule has 0 saturated carbocycles. The van der Waals surface area contributed by atoms with Gasteiger partial charge in [0, 0.05) is 13.2 Å². The first-order valence-electron chi connectivity index (χ1n) is 9.72. The number of thiazole rings is 1. The van der Waals surface area contributed by atoms with E-state index >= 15 is 0 Å². The third kappa shape index (κ3) is 4.06. The number of aromatic nitrogens is 1. The first kappa shape index (κ1) is 19.7. The quantitative estimate of drug-likeness (QED) is 0.601. The van der Waals surface area contributed by atoms with Crippen LogP contribution in [-0.2, 0) is 16.1 Å². The van der Waals surface area contributed by atoms with Crippen molar-refractivity contribution in [1.82, 2.24) is 4.57 Å². The number of carbonyl (C=O) groups is 1. The summed E-state index contributed by atoms with van der Waals surface area (Å²) in [5.74, 6) is 0.876. The summed E-state index contributed by atoms with van der Waals surface area (Å²) in [5, 5.41) is 0. The summed E-state index contributed by atoms with van der Waals surface area (Å²) in [7, 11) is 0. The van der Waals surface area contributed by atoms with E-state index in [0.29, 0.717) is 36.1 Å². The third-order valence-electron chi connectivity index (χ3n) is 4.77. The van der Waals surface area contributed by atoms with Crippen molar-refractivity contribution >= 4 is 27.5 Å². The largest absolute Gasteiger partial charge is 0.485 e. The van der Waals surface area contributed by atoms with Gasteiger partial charge in [-0.2, -0.15) is 4.99 Å². The molecule has 0 N–H and O–H groups in total. The van der Waals surface area contributed by atoms with Gasteiger partial charge in [0.1, 0.15) is 6.61 Å². The Bertz CT molecular complexity index is 1120. The highest BCUT2D eigenvalue weighted by Crippen LogP contribution is 2.31. The Morgan fingerprint density at radius 1 is 1.28 bits per heavy atom. The zero-order valence-corrected chi connectivity index (χ0v) is 17.6. The minimum atomic E-state index is -0.752. The molecule has 4 rings (SSSR count). The van der Waals surface area contributed by atoms with Gasteiger partial charge in [0.15, 0.2) is 16.3 Å². The summed E-state index contributed by atoms with van der Waals surface area (Å²) < 4.78 is 20.2. The summed E-state index contributed by atoms with van der Waals surface area (Å²) in [6, 6.07) is 11.6. The average Bonchev–Trinajstić information content (AvgIpc) is 3.04. The number of hydrogen-bond acceptors (Lipinski definition) is 5.